The monoisotopic (exact) mass is 431 g/mol. The first-order chi connectivity index (χ1) is 14.4. The van der Waals surface area contributed by atoms with Crippen molar-refractivity contribution < 1.29 is 29.3 Å². The van der Waals surface area contributed by atoms with Gasteiger partial charge in [-0.25, -0.2) is 14.6 Å². The number of aromatic carboxylic acids is 1. The number of aromatic nitrogens is 2. The van der Waals surface area contributed by atoms with E-state index in [1.165, 1.54) is 7.11 Å². The van der Waals surface area contributed by atoms with Gasteiger partial charge in [0, 0.05) is 7.11 Å². The van der Waals surface area contributed by atoms with Crippen LogP contribution in [0.25, 0.3) is 10.7 Å². The quantitative estimate of drug-likeness (QED) is 0.446. The number of ether oxygens (including phenoxy) is 2. The third-order valence-electron chi connectivity index (χ3n) is 4.04. The molecule has 0 fully saturated rings. The van der Waals surface area contributed by atoms with Crippen LogP contribution in [0.15, 0.2) is 46.6 Å². The van der Waals surface area contributed by atoms with E-state index in [2.05, 4.69) is 15.3 Å². The molecule has 10 nitrogen and oxygen atoms in total. The van der Waals surface area contributed by atoms with E-state index in [0.717, 1.165) is 16.9 Å². The first-order valence-electron chi connectivity index (χ1n) is 8.56. The molecule has 2 heterocycles. The molecule has 1 unspecified atom stereocenters. The van der Waals surface area contributed by atoms with Crippen molar-refractivity contribution in [2.45, 2.75) is 6.10 Å². The number of amides is 1. The molecular formula is C19H17N3O7S. The number of anilines is 1. The van der Waals surface area contributed by atoms with Crippen molar-refractivity contribution in [3.8, 4) is 16.5 Å². The molecule has 3 aromatic rings. The predicted octanol–water partition coefficient (Wildman–Crippen LogP) is 2.84. The molecule has 0 saturated carbocycles. The van der Waals surface area contributed by atoms with Gasteiger partial charge >= 0.3 is 12.1 Å². The largest absolute Gasteiger partial charge is 0.501 e. The van der Waals surface area contributed by atoms with Gasteiger partial charge in [-0.2, -0.15) is 0 Å². The molecule has 1 atom stereocenters. The number of rotatable bonds is 7. The number of aromatic hydroxyl groups is 1. The molecule has 0 bridgehead atoms. The summed E-state index contributed by atoms with van der Waals surface area (Å²) in [4.78, 5) is 41.6. The molecule has 0 aliphatic rings. The number of carbonyl (C=O) groups is 2. The Balaban J connectivity index is 1.74. The fourth-order valence-electron chi connectivity index (χ4n) is 2.58. The van der Waals surface area contributed by atoms with E-state index < -0.39 is 35.2 Å². The lowest BCUT2D eigenvalue weighted by Crippen LogP contribution is -2.19. The lowest BCUT2D eigenvalue weighted by Gasteiger charge is -2.16. The first-order valence-corrected chi connectivity index (χ1v) is 9.44. The molecule has 0 spiro atoms. The predicted molar refractivity (Wildman–Crippen MR) is 108 cm³/mol. The Morgan fingerprint density at radius 2 is 2.00 bits per heavy atom. The van der Waals surface area contributed by atoms with Crippen molar-refractivity contribution in [1.29, 1.82) is 0 Å². The summed E-state index contributed by atoms with van der Waals surface area (Å²) in [6, 6.07) is 10.8. The number of carboxylic acid groups (broad SMARTS) is 1. The van der Waals surface area contributed by atoms with E-state index in [4.69, 9.17) is 14.6 Å². The minimum absolute atomic E-state index is 0.0384. The number of thiophene rings is 1. The number of methoxy groups -OCH3 is 1. The van der Waals surface area contributed by atoms with Crippen molar-refractivity contribution in [2.75, 3.05) is 19.0 Å². The van der Waals surface area contributed by atoms with Crippen LogP contribution in [-0.2, 0) is 9.47 Å². The Morgan fingerprint density at radius 1 is 1.27 bits per heavy atom. The first kappa shape index (κ1) is 21.0. The molecular weight excluding hydrogens is 414 g/mol. The summed E-state index contributed by atoms with van der Waals surface area (Å²) in [5, 5.41) is 22.8. The smallest absolute Gasteiger partial charge is 0.411 e. The Bertz CT molecular complexity index is 1110. The number of aromatic amines is 1. The van der Waals surface area contributed by atoms with Crippen LogP contribution in [0.3, 0.4) is 0 Å². The van der Waals surface area contributed by atoms with Gasteiger partial charge < -0.3 is 24.7 Å². The van der Waals surface area contributed by atoms with Gasteiger partial charge in [-0.3, -0.25) is 10.1 Å². The van der Waals surface area contributed by atoms with Crippen LogP contribution in [0, 0.1) is 0 Å². The van der Waals surface area contributed by atoms with E-state index in [0.29, 0.717) is 0 Å². The zero-order valence-electron chi connectivity index (χ0n) is 15.6. The zero-order chi connectivity index (χ0) is 21.7. The average Bonchev–Trinajstić information content (AvgIpc) is 3.19. The Kier molecular flexibility index (Phi) is 6.45. The molecule has 11 heteroatoms. The molecule has 0 radical (unpaired) electrons. The van der Waals surface area contributed by atoms with E-state index >= 15 is 0 Å². The number of hydrogen-bond acceptors (Lipinski definition) is 8. The number of nitrogens with one attached hydrogen (secondary N) is 2. The Hall–Kier alpha value is -3.70. The van der Waals surface area contributed by atoms with Gasteiger partial charge in [0.2, 0.25) is 5.75 Å². The molecule has 0 aliphatic carbocycles. The van der Waals surface area contributed by atoms with E-state index in [1.807, 2.05) is 30.3 Å². The number of carboxylic acids is 1. The van der Waals surface area contributed by atoms with Crippen LogP contribution in [-0.4, -0.2) is 46.0 Å². The fraction of sp³-hybridized carbons (Fsp3) is 0.158. The summed E-state index contributed by atoms with van der Waals surface area (Å²) >= 11 is 1.10. The maximum absolute atomic E-state index is 12.2. The van der Waals surface area contributed by atoms with E-state index in [1.54, 1.807) is 11.4 Å². The normalized spacial score (nSPS) is 11.6. The summed E-state index contributed by atoms with van der Waals surface area (Å²) in [5.74, 6) is -2.67. The van der Waals surface area contributed by atoms with Gasteiger partial charge in [-0.15, -0.1) is 11.3 Å². The second-order valence-electron chi connectivity index (χ2n) is 5.94. The lowest BCUT2D eigenvalue weighted by molar-refractivity contribution is 0.0387. The van der Waals surface area contributed by atoms with E-state index in [9.17, 15) is 19.5 Å². The topological polar surface area (TPSA) is 151 Å². The van der Waals surface area contributed by atoms with Gasteiger partial charge in [0.05, 0.1) is 10.6 Å². The van der Waals surface area contributed by atoms with Crippen LogP contribution < -0.4 is 10.9 Å². The van der Waals surface area contributed by atoms with Gasteiger partial charge in [0.1, 0.15) is 12.7 Å². The molecule has 1 aromatic carbocycles. The summed E-state index contributed by atoms with van der Waals surface area (Å²) in [7, 11) is 1.50. The van der Waals surface area contributed by atoms with Crippen molar-refractivity contribution >= 4 is 29.1 Å². The highest BCUT2D eigenvalue weighted by molar-refractivity contribution is 7.14. The van der Waals surface area contributed by atoms with Crippen LogP contribution >= 0.6 is 11.3 Å². The highest BCUT2D eigenvalue weighted by Crippen LogP contribution is 2.31. The number of carbonyl (C=O) groups excluding carboxylic acids is 1. The van der Waals surface area contributed by atoms with Crippen molar-refractivity contribution in [3.63, 3.8) is 0 Å². The van der Waals surface area contributed by atoms with Crippen LogP contribution in [0.1, 0.15) is 22.2 Å². The Labute approximate surface area is 173 Å². The zero-order valence-corrected chi connectivity index (χ0v) is 16.4. The highest BCUT2D eigenvalue weighted by Gasteiger charge is 2.21. The minimum atomic E-state index is -1.56. The third-order valence-corrected chi connectivity index (χ3v) is 4.96. The summed E-state index contributed by atoms with van der Waals surface area (Å²) in [6.07, 6.45) is -1.22. The standard InChI is InChI=1S/C19H17N3O7S/c1-28-12(10-5-3-2-4-6-10)9-29-19(27)20-11-7-8-30-15(11)16-21-13(18(25)26)14(23)17(24)22-16/h2-8,12,23H,9H2,1H3,(H,20,27)(H,25,26)(H,21,22,24). The van der Waals surface area contributed by atoms with Crippen molar-refractivity contribution in [1.82, 2.24) is 9.97 Å². The molecule has 3 rings (SSSR count). The SMILES string of the molecule is COC(COC(=O)Nc1ccsc1-c1nc(C(=O)O)c(O)c(=O)[nH]1)c1ccccc1. The van der Waals surface area contributed by atoms with Gasteiger partial charge in [-0.1, -0.05) is 30.3 Å². The van der Waals surface area contributed by atoms with E-state index in [-0.39, 0.29) is 23.0 Å². The van der Waals surface area contributed by atoms with Gasteiger partial charge in [0.25, 0.3) is 5.56 Å². The number of H-pyrrole nitrogens is 1. The van der Waals surface area contributed by atoms with Crippen LogP contribution in [0.4, 0.5) is 10.5 Å². The van der Waals surface area contributed by atoms with Crippen molar-refractivity contribution in [2.24, 2.45) is 0 Å². The third kappa shape index (κ3) is 4.64. The summed E-state index contributed by atoms with van der Waals surface area (Å²) < 4.78 is 10.6. The maximum Gasteiger partial charge on any atom is 0.411 e. The molecule has 0 saturated heterocycles. The molecule has 30 heavy (non-hydrogen) atoms. The summed E-state index contributed by atoms with van der Waals surface area (Å²) in [6.45, 7) is -0.0384. The number of nitrogens with zero attached hydrogens (tertiary/aromatic N) is 1. The number of benzene rings is 1. The van der Waals surface area contributed by atoms with Crippen molar-refractivity contribution in [3.05, 3.63) is 63.4 Å². The lowest BCUT2D eigenvalue weighted by atomic mass is 10.1. The number of hydrogen-bond donors (Lipinski definition) is 4. The Morgan fingerprint density at radius 3 is 2.67 bits per heavy atom. The second-order valence-corrected chi connectivity index (χ2v) is 6.85. The van der Waals surface area contributed by atoms with Gasteiger partial charge in [0.15, 0.2) is 11.5 Å². The fourth-order valence-corrected chi connectivity index (χ4v) is 3.37. The molecule has 156 valence electrons. The molecule has 4 N–H and O–H groups in total. The average molecular weight is 431 g/mol. The second kappa shape index (κ2) is 9.20. The van der Waals surface area contributed by atoms with Crippen LogP contribution in [0.2, 0.25) is 0 Å². The van der Waals surface area contributed by atoms with Gasteiger partial charge in [-0.05, 0) is 17.0 Å². The highest BCUT2D eigenvalue weighted by atomic mass is 32.1. The maximum atomic E-state index is 12.2. The minimum Gasteiger partial charge on any atom is -0.501 e. The molecule has 1 amide bonds. The van der Waals surface area contributed by atoms with Crippen LogP contribution in [0.5, 0.6) is 5.75 Å². The molecule has 2 aromatic heterocycles. The summed E-state index contributed by atoms with van der Waals surface area (Å²) in [5.41, 5.74) is -0.702. The molecule has 0 aliphatic heterocycles.